The van der Waals surface area contributed by atoms with E-state index in [0.717, 1.165) is 0 Å². The fourth-order valence-corrected chi connectivity index (χ4v) is 3.08. The van der Waals surface area contributed by atoms with Crippen molar-refractivity contribution in [2.75, 3.05) is 13.7 Å². The predicted molar refractivity (Wildman–Crippen MR) is 97.4 cm³/mol. The van der Waals surface area contributed by atoms with E-state index in [1.807, 2.05) is 0 Å². The molecule has 0 fully saturated rings. The van der Waals surface area contributed by atoms with Crippen molar-refractivity contribution in [3.05, 3.63) is 57.1 Å². The molecular weight excluding hydrogens is 345 g/mol. The minimum Gasteiger partial charge on any atom is -0.495 e. The summed E-state index contributed by atoms with van der Waals surface area (Å²) in [7, 11) is 1.51. The molecule has 0 radical (unpaired) electrons. The van der Waals surface area contributed by atoms with Gasteiger partial charge in [0.05, 0.1) is 24.3 Å². The summed E-state index contributed by atoms with van der Waals surface area (Å²) >= 11 is 6.15. The van der Waals surface area contributed by atoms with Gasteiger partial charge in [0.2, 0.25) is 0 Å². The number of ether oxygens (including phenoxy) is 2. The molecule has 4 nitrogen and oxygen atoms in total. The van der Waals surface area contributed by atoms with E-state index in [9.17, 15) is 9.18 Å². The zero-order valence-electron chi connectivity index (χ0n) is 14.1. The van der Waals surface area contributed by atoms with Crippen LogP contribution in [0.15, 0.2) is 35.1 Å². The lowest BCUT2D eigenvalue weighted by molar-refractivity contribution is 0.322. The van der Waals surface area contributed by atoms with Crippen molar-refractivity contribution in [3.8, 4) is 22.6 Å². The van der Waals surface area contributed by atoms with Crippen LogP contribution in [0.2, 0.25) is 5.02 Å². The van der Waals surface area contributed by atoms with Gasteiger partial charge in [-0.3, -0.25) is 4.79 Å². The molecule has 0 bridgehead atoms. The van der Waals surface area contributed by atoms with Gasteiger partial charge in [0.25, 0.3) is 0 Å². The number of nitrogens with one attached hydrogen (secondary N) is 1. The Balaban J connectivity index is 2.27. The zero-order chi connectivity index (χ0) is 18.1. The van der Waals surface area contributed by atoms with E-state index in [4.69, 9.17) is 21.1 Å². The topological polar surface area (TPSA) is 51.3 Å². The maximum atomic E-state index is 13.8. The first-order valence-corrected chi connectivity index (χ1v) is 8.17. The van der Waals surface area contributed by atoms with Crippen LogP contribution in [-0.2, 0) is 0 Å². The SMILES string of the molecule is CCOc1cc(-c2c(C)[nH]c3cc(OC)c(Cl)cc3c2=O)ccc1F. The van der Waals surface area contributed by atoms with Gasteiger partial charge in [-0.2, -0.15) is 0 Å². The molecule has 1 heterocycles. The second-order valence-electron chi connectivity index (χ2n) is 5.56. The first-order chi connectivity index (χ1) is 12.0. The minimum absolute atomic E-state index is 0.117. The number of methoxy groups -OCH3 is 1. The van der Waals surface area contributed by atoms with Crippen molar-refractivity contribution in [1.82, 2.24) is 4.98 Å². The Bertz CT molecular complexity index is 1010. The van der Waals surface area contributed by atoms with E-state index < -0.39 is 5.82 Å². The van der Waals surface area contributed by atoms with Crippen LogP contribution in [0.5, 0.6) is 11.5 Å². The minimum atomic E-state index is -0.465. The fraction of sp³-hybridized carbons (Fsp3) is 0.211. The maximum Gasteiger partial charge on any atom is 0.197 e. The Morgan fingerprint density at radius 2 is 1.96 bits per heavy atom. The Labute approximate surface area is 149 Å². The Kier molecular flexibility index (Phi) is 4.68. The number of hydrogen-bond donors (Lipinski definition) is 1. The van der Waals surface area contributed by atoms with E-state index in [2.05, 4.69) is 4.98 Å². The fourth-order valence-electron chi connectivity index (χ4n) is 2.84. The Morgan fingerprint density at radius 3 is 2.64 bits per heavy atom. The maximum absolute atomic E-state index is 13.8. The number of aromatic amines is 1. The number of aryl methyl sites for hydroxylation is 1. The summed E-state index contributed by atoms with van der Waals surface area (Å²) in [6.45, 7) is 3.90. The van der Waals surface area contributed by atoms with E-state index in [1.165, 1.54) is 19.2 Å². The molecule has 0 saturated heterocycles. The molecule has 3 rings (SSSR count). The van der Waals surface area contributed by atoms with Crippen molar-refractivity contribution in [1.29, 1.82) is 0 Å². The number of halogens is 2. The van der Waals surface area contributed by atoms with Gasteiger partial charge >= 0.3 is 0 Å². The molecule has 1 aromatic heterocycles. The predicted octanol–water partition coefficient (Wildman–Crippen LogP) is 4.70. The lowest BCUT2D eigenvalue weighted by Gasteiger charge is -2.12. The quantitative estimate of drug-likeness (QED) is 0.732. The van der Waals surface area contributed by atoms with E-state index in [1.54, 1.807) is 32.0 Å². The van der Waals surface area contributed by atoms with Crippen molar-refractivity contribution >= 4 is 22.5 Å². The van der Waals surface area contributed by atoms with Crippen LogP contribution in [0.25, 0.3) is 22.0 Å². The van der Waals surface area contributed by atoms with Crippen molar-refractivity contribution in [2.45, 2.75) is 13.8 Å². The molecule has 3 aromatic rings. The summed E-state index contributed by atoms with van der Waals surface area (Å²) in [6.07, 6.45) is 0. The third-order valence-electron chi connectivity index (χ3n) is 3.98. The molecule has 0 spiro atoms. The van der Waals surface area contributed by atoms with E-state index in [-0.39, 0.29) is 11.2 Å². The summed E-state index contributed by atoms with van der Waals surface area (Å²) in [5.41, 5.74) is 2.13. The van der Waals surface area contributed by atoms with E-state index >= 15 is 0 Å². The molecule has 0 atom stereocenters. The van der Waals surface area contributed by atoms with E-state index in [0.29, 0.717) is 45.1 Å². The molecule has 25 heavy (non-hydrogen) atoms. The summed E-state index contributed by atoms with van der Waals surface area (Å²) in [5.74, 6) is 0.136. The molecular formula is C19H17ClFNO3. The molecule has 0 amide bonds. The number of hydrogen-bond acceptors (Lipinski definition) is 3. The number of rotatable bonds is 4. The average Bonchev–Trinajstić information content (AvgIpc) is 2.58. The second kappa shape index (κ2) is 6.76. The zero-order valence-corrected chi connectivity index (χ0v) is 14.8. The van der Waals surface area contributed by atoms with Gasteiger partial charge in [-0.25, -0.2) is 4.39 Å². The molecule has 130 valence electrons. The van der Waals surface area contributed by atoms with Gasteiger partial charge in [-0.1, -0.05) is 17.7 Å². The highest BCUT2D eigenvalue weighted by Gasteiger charge is 2.15. The van der Waals surface area contributed by atoms with Crippen LogP contribution in [-0.4, -0.2) is 18.7 Å². The largest absolute Gasteiger partial charge is 0.495 e. The smallest absolute Gasteiger partial charge is 0.197 e. The molecule has 1 N–H and O–H groups in total. The number of H-pyrrole nitrogens is 1. The van der Waals surface area contributed by atoms with Gasteiger partial charge in [0, 0.05) is 22.7 Å². The summed E-state index contributed by atoms with van der Waals surface area (Å²) in [6, 6.07) is 7.65. The van der Waals surface area contributed by atoms with Crippen molar-refractivity contribution in [3.63, 3.8) is 0 Å². The first kappa shape index (κ1) is 17.3. The van der Waals surface area contributed by atoms with Crippen LogP contribution >= 0.6 is 11.6 Å². The highest BCUT2D eigenvalue weighted by atomic mass is 35.5. The normalized spacial score (nSPS) is 10.9. The lowest BCUT2D eigenvalue weighted by atomic mass is 10.0. The molecule has 0 unspecified atom stereocenters. The molecule has 0 saturated carbocycles. The summed E-state index contributed by atoms with van der Waals surface area (Å²) in [4.78, 5) is 16.2. The average molecular weight is 362 g/mol. The number of aromatic nitrogens is 1. The number of fused-ring (bicyclic) bond motifs is 1. The molecule has 0 aliphatic heterocycles. The van der Waals surface area contributed by atoms with Gasteiger partial charge in [-0.05, 0) is 37.6 Å². The first-order valence-electron chi connectivity index (χ1n) is 7.79. The third-order valence-corrected chi connectivity index (χ3v) is 4.28. The standard InChI is InChI=1S/C19H17ClFNO3/c1-4-25-17-7-11(5-6-14(17)21)18-10(2)22-15-9-16(24-3)13(20)8-12(15)19(18)23/h5-9H,4H2,1-3H3,(H,22,23). The highest BCUT2D eigenvalue weighted by molar-refractivity contribution is 6.32. The van der Waals surface area contributed by atoms with Crippen LogP contribution < -0.4 is 14.9 Å². The molecule has 2 aromatic carbocycles. The monoisotopic (exact) mass is 361 g/mol. The van der Waals surface area contributed by atoms with Crippen molar-refractivity contribution < 1.29 is 13.9 Å². The van der Waals surface area contributed by atoms with Crippen molar-refractivity contribution in [2.24, 2.45) is 0 Å². The Hall–Kier alpha value is -2.53. The third kappa shape index (κ3) is 3.07. The highest BCUT2D eigenvalue weighted by Crippen LogP contribution is 2.31. The molecule has 0 aliphatic rings. The molecule has 6 heteroatoms. The summed E-state index contributed by atoms with van der Waals surface area (Å²) < 4.78 is 24.3. The van der Waals surface area contributed by atoms with Gasteiger partial charge in [-0.15, -0.1) is 0 Å². The van der Waals surface area contributed by atoms with Crippen LogP contribution in [0.1, 0.15) is 12.6 Å². The van der Waals surface area contributed by atoms with Crippen LogP contribution in [0.3, 0.4) is 0 Å². The lowest BCUT2D eigenvalue weighted by Crippen LogP contribution is -2.10. The van der Waals surface area contributed by atoms with Crippen LogP contribution in [0.4, 0.5) is 4.39 Å². The second-order valence-corrected chi connectivity index (χ2v) is 5.97. The molecule has 0 aliphatic carbocycles. The number of benzene rings is 2. The Morgan fingerprint density at radius 1 is 1.20 bits per heavy atom. The number of pyridine rings is 1. The summed E-state index contributed by atoms with van der Waals surface area (Å²) in [5, 5.41) is 0.790. The van der Waals surface area contributed by atoms with Gasteiger partial charge in [0.1, 0.15) is 5.75 Å². The van der Waals surface area contributed by atoms with Crippen LogP contribution in [0, 0.1) is 12.7 Å². The van der Waals surface area contributed by atoms with Gasteiger partial charge < -0.3 is 14.5 Å². The van der Waals surface area contributed by atoms with Gasteiger partial charge in [0.15, 0.2) is 17.0 Å².